The molecule has 0 aromatic carbocycles. The first-order valence-corrected chi connectivity index (χ1v) is 12.3. The van der Waals surface area contributed by atoms with Gasteiger partial charge in [0.1, 0.15) is 29.5 Å². The van der Waals surface area contributed by atoms with Crippen molar-refractivity contribution in [1.29, 1.82) is 0 Å². The highest BCUT2D eigenvalue weighted by molar-refractivity contribution is 6.03. The molecule has 11 heteroatoms. The van der Waals surface area contributed by atoms with Crippen molar-refractivity contribution in [2.75, 3.05) is 50.5 Å². The number of halogens is 1. The van der Waals surface area contributed by atoms with Gasteiger partial charge in [0.15, 0.2) is 11.6 Å². The van der Waals surface area contributed by atoms with Crippen LogP contribution in [0, 0.1) is 5.82 Å². The Morgan fingerprint density at radius 1 is 1.35 bits per heavy atom. The minimum Gasteiger partial charge on any atom is -0.487 e. The number of hydrogen-bond acceptors (Lipinski definition) is 8. The monoisotopic (exact) mass is 510 g/mol. The fourth-order valence-corrected chi connectivity index (χ4v) is 5.48. The normalized spacial score (nSPS) is 22.7. The van der Waals surface area contributed by atoms with E-state index in [1.54, 1.807) is 29.0 Å². The molecule has 0 saturated carbocycles. The lowest BCUT2D eigenvalue weighted by molar-refractivity contribution is -0.128. The molecule has 5 heterocycles. The topological polar surface area (TPSA) is 114 Å². The summed E-state index contributed by atoms with van der Waals surface area (Å²) in [5, 5.41) is 0. The average Bonchev–Trinajstić information content (AvgIpc) is 3.12. The van der Waals surface area contributed by atoms with Crippen LogP contribution in [0.5, 0.6) is 5.75 Å². The number of aromatic nitrogens is 2. The predicted molar refractivity (Wildman–Crippen MR) is 136 cm³/mol. The smallest absolute Gasteiger partial charge is 0.262 e. The first kappa shape index (κ1) is 24.9. The fraction of sp³-hybridized carbons (Fsp3) is 0.462. The summed E-state index contributed by atoms with van der Waals surface area (Å²) in [6, 6.07) is 2.84. The molecule has 2 fully saturated rings. The van der Waals surface area contributed by atoms with Gasteiger partial charge in [-0.3, -0.25) is 9.59 Å². The van der Waals surface area contributed by atoms with Gasteiger partial charge in [-0.05, 0) is 38.5 Å². The maximum Gasteiger partial charge on any atom is 0.262 e. The second kappa shape index (κ2) is 9.29. The van der Waals surface area contributed by atoms with Crippen LogP contribution in [0.2, 0.25) is 0 Å². The van der Waals surface area contributed by atoms with Crippen molar-refractivity contribution in [1.82, 2.24) is 19.8 Å². The molecule has 10 nitrogen and oxygen atoms in total. The summed E-state index contributed by atoms with van der Waals surface area (Å²) < 4.78 is 27.8. The molecule has 3 aliphatic rings. The molecule has 37 heavy (non-hydrogen) atoms. The van der Waals surface area contributed by atoms with E-state index in [1.165, 1.54) is 12.3 Å². The quantitative estimate of drug-likeness (QED) is 0.622. The summed E-state index contributed by atoms with van der Waals surface area (Å²) in [6.45, 7) is 9.00. The van der Waals surface area contributed by atoms with Gasteiger partial charge in [-0.15, -0.1) is 0 Å². The van der Waals surface area contributed by atoms with Crippen LogP contribution in [0.25, 0.3) is 11.3 Å². The van der Waals surface area contributed by atoms with E-state index in [1.807, 2.05) is 18.7 Å². The number of carbonyl (C=O) groups is 2. The van der Waals surface area contributed by atoms with Crippen molar-refractivity contribution in [3.05, 3.63) is 42.4 Å². The Hall–Kier alpha value is -3.73. The zero-order valence-corrected chi connectivity index (χ0v) is 21.2. The van der Waals surface area contributed by atoms with Crippen LogP contribution < -0.4 is 15.4 Å². The first-order valence-electron chi connectivity index (χ1n) is 12.3. The number of nitrogens with two attached hydrogens (primary N) is 1. The van der Waals surface area contributed by atoms with E-state index >= 15 is 4.39 Å². The van der Waals surface area contributed by atoms with Gasteiger partial charge >= 0.3 is 0 Å². The Morgan fingerprint density at radius 2 is 2.14 bits per heavy atom. The molecule has 2 saturated heterocycles. The van der Waals surface area contributed by atoms with Crippen LogP contribution in [-0.2, 0) is 9.53 Å². The number of amides is 2. The van der Waals surface area contributed by atoms with Crippen LogP contribution >= 0.6 is 0 Å². The Bertz CT molecular complexity index is 1270. The molecule has 196 valence electrons. The molecule has 2 N–H and O–H groups in total. The highest BCUT2D eigenvalue weighted by atomic mass is 19.1. The van der Waals surface area contributed by atoms with Gasteiger partial charge < -0.3 is 29.9 Å². The van der Waals surface area contributed by atoms with Crippen LogP contribution in [0.15, 0.2) is 31.0 Å². The minimum atomic E-state index is -0.772. The van der Waals surface area contributed by atoms with Crippen molar-refractivity contribution in [2.24, 2.45) is 0 Å². The minimum absolute atomic E-state index is 0.0199. The second-order valence-corrected chi connectivity index (χ2v) is 10.2. The van der Waals surface area contributed by atoms with Gasteiger partial charge in [-0.2, -0.15) is 0 Å². The van der Waals surface area contributed by atoms with E-state index in [2.05, 4.69) is 11.6 Å². The molecule has 0 spiro atoms. The number of piperazine rings is 1. The van der Waals surface area contributed by atoms with E-state index in [0.29, 0.717) is 30.9 Å². The summed E-state index contributed by atoms with van der Waals surface area (Å²) >= 11 is 0. The van der Waals surface area contributed by atoms with Crippen molar-refractivity contribution >= 4 is 23.5 Å². The summed E-state index contributed by atoms with van der Waals surface area (Å²) in [5.41, 5.74) is 6.01. The maximum atomic E-state index is 16.2. The lowest BCUT2D eigenvalue weighted by Gasteiger charge is -2.40. The highest BCUT2D eigenvalue weighted by Gasteiger charge is 2.45. The number of fused-ring (bicyclic) bond motifs is 2. The third-order valence-electron chi connectivity index (χ3n) is 7.47. The van der Waals surface area contributed by atoms with E-state index < -0.39 is 17.4 Å². The molecule has 2 aromatic heterocycles. The molecular formula is C26H31FN6O4. The average molecular weight is 511 g/mol. The number of carbonyl (C=O) groups excluding carboxylic acids is 2. The van der Waals surface area contributed by atoms with Gasteiger partial charge in [-0.1, -0.05) is 6.58 Å². The standard InChI is InChI=1S/C26H31FN6O4/c1-5-18(34)31-9-10-32-15(12-31)14-37-22-19(25(32)35)24(33-13-16(36-4)11-26(33,2)3)30-21(20(22)27)17-7-6-8-29-23(17)28/h5-8,15-16H,1,9-14H2,2-4H3,(H2,28,29). The van der Waals surface area contributed by atoms with Crippen LogP contribution in [0.4, 0.5) is 16.0 Å². The van der Waals surface area contributed by atoms with Crippen LogP contribution in [0.1, 0.15) is 30.6 Å². The zero-order valence-electron chi connectivity index (χ0n) is 21.2. The Labute approximate surface area is 214 Å². The van der Waals surface area contributed by atoms with Crippen molar-refractivity contribution in [2.45, 2.75) is 38.0 Å². The van der Waals surface area contributed by atoms with Gasteiger partial charge in [0, 0.05) is 50.6 Å². The first-order chi connectivity index (χ1) is 17.7. The molecule has 0 bridgehead atoms. The number of ether oxygens (including phenoxy) is 2. The van der Waals surface area contributed by atoms with Gasteiger partial charge in [0.05, 0.1) is 12.1 Å². The zero-order chi connectivity index (χ0) is 26.5. The van der Waals surface area contributed by atoms with Gasteiger partial charge in [0.25, 0.3) is 5.91 Å². The van der Waals surface area contributed by atoms with Crippen molar-refractivity contribution < 1.29 is 23.5 Å². The summed E-state index contributed by atoms with van der Waals surface area (Å²) in [6.07, 6.45) is 3.37. The number of pyridine rings is 2. The summed E-state index contributed by atoms with van der Waals surface area (Å²) in [4.78, 5) is 40.3. The number of methoxy groups -OCH3 is 1. The lowest BCUT2D eigenvalue weighted by atomic mass is 10.00. The third-order valence-corrected chi connectivity index (χ3v) is 7.47. The van der Waals surface area contributed by atoms with Crippen molar-refractivity contribution in [3.63, 3.8) is 0 Å². The maximum absolute atomic E-state index is 16.2. The molecular weight excluding hydrogens is 479 g/mol. The van der Waals surface area contributed by atoms with Gasteiger partial charge in [-0.25, -0.2) is 14.4 Å². The molecule has 3 aliphatic heterocycles. The van der Waals surface area contributed by atoms with Gasteiger partial charge in [0.2, 0.25) is 5.91 Å². The fourth-order valence-electron chi connectivity index (χ4n) is 5.48. The molecule has 2 amide bonds. The Balaban J connectivity index is 1.67. The predicted octanol–water partition coefficient (Wildman–Crippen LogP) is 2.10. The molecule has 5 rings (SSSR count). The van der Waals surface area contributed by atoms with E-state index in [4.69, 9.17) is 20.2 Å². The highest BCUT2D eigenvalue weighted by Crippen LogP contribution is 2.44. The molecule has 0 radical (unpaired) electrons. The van der Waals surface area contributed by atoms with Crippen LogP contribution in [-0.4, -0.2) is 89.2 Å². The largest absolute Gasteiger partial charge is 0.487 e. The number of hydrogen-bond donors (Lipinski definition) is 1. The SMILES string of the molecule is C=CC(=O)N1CCN2C(=O)c3c(N4CC(OC)CC4(C)C)nc(-c4cccnc4N)c(F)c3OCC2C1. The summed E-state index contributed by atoms with van der Waals surface area (Å²) in [5.74, 6) is -1.11. The van der Waals surface area contributed by atoms with E-state index in [0.717, 1.165) is 0 Å². The number of anilines is 2. The van der Waals surface area contributed by atoms with E-state index in [9.17, 15) is 9.59 Å². The Morgan fingerprint density at radius 3 is 2.81 bits per heavy atom. The molecule has 2 aromatic rings. The molecule has 2 unspecified atom stereocenters. The number of rotatable bonds is 4. The van der Waals surface area contributed by atoms with Crippen LogP contribution in [0.3, 0.4) is 0 Å². The number of nitrogens with zero attached hydrogens (tertiary/aromatic N) is 5. The van der Waals surface area contributed by atoms with E-state index in [-0.39, 0.29) is 60.4 Å². The molecule has 0 aliphatic carbocycles. The molecule has 2 atom stereocenters. The summed E-state index contributed by atoms with van der Waals surface area (Å²) in [7, 11) is 1.65. The second-order valence-electron chi connectivity index (χ2n) is 10.2. The third kappa shape index (κ3) is 4.16. The lowest BCUT2D eigenvalue weighted by Crippen LogP contribution is -2.57. The Kier molecular flexibility index (Phi) is 6.26. The number of nitrogen functional groups attached to an aromatic ring is 1. The van der Waals surface area contributed by atoms with Crippen molar-refractivity contribution in [3.8, 4) is 17.0 Å².